The molecule has 0 saturated heterocycles. The van der Waals surface area contributed by atoms with E-state index in [1.165, 1.54) is 0 Å². The van der Waals surface area contributed by atoms with Crippen molar-refractivity contribution in [3.05, 3.63) is 60.2 Å². The molecule has 19 heavy (non-hydrogen) atoms. The van der Waals surface area contributed by atoms with E-state index in [9.17, 15) is 4.79 Å². The first-order valence-corrected chi connectivity index (χ1v) is 5.90. The molecule has 2 aromatic rings. The Labute approximate surface area is 112 Å². The van der Waals surface area contributed by atoms with Crippen molar-refractivity contribution < 1.29 is 14.3 Å². The van der Waals surface area contributed by atoms with E-state index in [-0.39, 0.29) is 0 Å². The molecular formula is C15H15NO3. The van der Waals surface area contributed by atoms with Gasteiger partial charge in [0.15, 0.2) is 0 Å². The summed E-state index contributed by atoms with van der Waals surface area (Å²) in [4.78, 5) is 11.8. The average molecular weight is 257 g/mol. The minimum absolute atomic E-state index is 0.432. The van der Waals surface area contributed by atoms with Crippen molar-refractivity contribution >= 4 is 11.8 Å². The molecular weight excluding hydrogens is 242 g/mol. The molecule has 0 aliphatic carbocycles. The predicted molar refractivity (Wildman–Crippen MR) is 73.2 cm³/mol. The first-order chi connectivity index (χ1) is 9.29. The monoisotopic (exact) mass is 257 g/mol. The maximum absolute atomic E-state index is 11.8. The van der Waals surface area contributed by atoms with Crippen molar-refractivity contribution in [1.82, 2.24) is 0 Å². The molecule has 1 N–H and O–H groups in total. The van der Waals surface area contributed by atoms with Crippen LogP contribution in [-0.4, -0.2) is 13.2 Å². The van der Waals surface area contributed by atoms with Crippen LogP contribution in [0.3, 0.4) is 0 Å². The first-order valence-electron chi connectivity index (χ1n) is 5.90. The standard InChI is InChI=1S/C15H15NO3/c1-18-11-12-7-5-6-10-14(12)16-15(17)19-13-8-3-2-4-9-13/h2-10H,11H2,1H3,(H,16,17). The van der Waals surface area contributed by atoms with Gasteiger partial charge in [-0.25, -0.2) is 4.79 Å². The summed E-state index contributed by atoms with van der Waals surface area (Å²) in [6.07, 6.45) is -0.519. The third kappa shape index (κ3) is 3.82. The van der Waals surface area contributed by atoms with E-state index >= 15 is 0 Å². The van der Waals surface area contributed by atoms with Crippen molar-refractivity contribution in [3.8, 4) is 5.75 Å². The molecule has 2 rings (SSSR count). The molecule has 0 unspecified atom stereocenters. The summed E-state index contributed by atoms with van der Waals surface area (Å²) in [5, 5.41) is 2.70. The molecule has 0 aliphatic rings. The highest BCUT2D eigenvalue weighted by molar-refractivity contribution is 5.87. The number of carbonyl (C=O) groups excluding carboxylic acids is 1. The molecule has 98 valence electrons. The highest BCUT2D eigenvalue weighted by Gasteiger charge is 2.07. The SMILES string of the molecule is COCc1ccccc1NC(=O)Oc1ccccc1. The van der Waals surface area contributed by atoms with Crippen molar-refractivity contribution in [1.29, 1.82) is 0 Å². The largest absolute Gasteiger partial charge is 0.417 e. The number of ether oxygens (including phenoxy) is 2. The molecule has 2 aromatic carbocycles. The highest BCUT2D eigenvalue weighted by Crippen LogP contribution is 2.17. The molecule has 0 radical (unpaired) electrons. The van der Waals surface area contributed by atoms with Crippen LogP contribution >= 0.6 is 0 Å². The Bertz CT molecular complexity index is 540. The lowest BCUT2D eigenvalue weighted by molar-refractivity contribution is 0.185. The minimum Gasteiger partial charge on any atom is -0.410 e. The number of para-hydroxylation sites is 2. The smallest absolute Gasteiger partial charge is 0.410 e. The zero-order valence-corrected chi connectivity index (χ0v) is 10.6. The summed E-state index contributed by atoms with van der Waals surface area (Å²) in [6, 6.07) is 16.4. The van der Waals surface area contributed by atoms with Crippen LogP contribution in [0.15, 0.2) is 54.6 Å². The van der Waals surface area contributed by atoms with Crippen LogP contribution in [-0.2, 0) is 11.3 Å². The topological polar surface area (TPSA) is 47.6 Å². The van der Waals surface area contributed by atoms with Gasteiger partial charge in [0.25, 0.3) is 0 Å². The van der Waals surface area contributed by atoms with Crippen molar-refractivity contribution in [2.45, 2.75) is 6.61 Å². The highest BCUT2D eigenvalue weighted by atomic mass is 16.6. The molecule has 4 nitrogen and oxygen atoms in total. The van der Waals surface area contributed by atoms with Crippen molar-refractivity contribution in [2.24, 2.45) is 0 Å². The van der Waals surface area contributed by atoms with E-state index in [4.69, 9.17) is 9.47 Å². The molecule has 4 heteroatoms. The molecule has 0 heterocycles. The lowest BCUT2D eigenvalue weighted by atomic mass is 10.2. The van der Waals surface area contributed by atoms with Gasteiger partial charge in [-0.1, -0.05) is 36.4 Å². The van der Waals surface area contributed by atoms with Gasteiger partial charge in [0.1, 0.15) is 5.75 Å². The van der Waals surface area contributed by atoms with Gasteiger partial charge in [-0.15, -0.1) is 0 Å². The Morgan fingerprint density at radius 2 is 1.74 bits per heavy atom. The van der Waals surface area contributed by atoms with E-state index < -0.39 is 6.09 Å². The number of hydrogen-bond acceptors (Lipinski definition) is 3. The fourth-order valence-electron chi connectivity index (χ4n) is 1.65. The summed E-state index contributed by atoms with van der Waals surface area (Å²) in [5.41, 5.74) is 1.58. The quantitative estimate of drug-likeness (QED) is 0.912. The van der Waals surface area contributed by atoms with Crippen LogP contribution in [0.5, 0.6) is 5.75 Å². The minimum atomic E-state index is -0.519. The molecule has 0 saturated carbocycles. The van der Waals surface area contributed by atoms with E-state index in [0.29, 0.717) is 18.0 Å². The zero-order valence-electron chi connectivity index (χ0n) is 10.6. The normalized spacial score (nSPS) is 9.95. The summed E-state index contributed by atoms with van der Waals surface area (Å²) in [7, 11) is 1.61. The number of amides is 1. The fourth-order valence-corrected chi connectivity index (χ4v) is 1.65. The summed E-state index contributed by atoms with van der Waals surface area (Å²) < 4.78 is 10.2. The number of anilines is 1. The Kier molecular flexibility index (Phi) is 4.53. The predicted octanol–water partition coefficient (Wildman–Crippen LogP) is 3.44. The first kappa shape index (κ1) is 13.1. The summed E-state index contributed by atoms with van der Waals surface area (Å²) in [5.74, 6) is 0.504. The van der Waals surface area contributed by atoms with E-state index in [1.807, 2.05) is 36.4 Å². The zero-order chi connectivity index (χ0) is 13.5. The van der Waals surface area contributed by atoms with Gasteiger partial charge >= 0.3 is 6.09 Å². The fraction of sp³-hybridized carbons (Fsp3) is 0.133. The Hall–Kier alpha value is -2.33. The summed E-state index contributed by atoms with van der Waals surface area (Å²) >= 11 is 0. The molecule has 1 amide bonds. The van der Waals surface area contributed by atoms with Gasteiger partial charge in [-0.3, -0.25) is 5.32 Å². The van der Waals surface area contributed by atoms with Gasteiger partial charge in [0, 0.05) is 18.4 Å². The lowest BCUT2D eigenvalue weighted by Crippen LogP contribution is -2.17. The maximum atomic E-state index is 11.8. The third-order valence-corrected chi connectivity index (χ3v) is 2.51. The van der Waals surface area contributed by atoms with E-state index in [1.54, 1.807) is 25.3 Å². The molecule has 0 aliphatic heterocycles. The van der Waals surface area contributed by atoms with E-state index in [0.717, 1.165) is 5.56 Å². The second kappa shape index (κ2) is 6.56. The Balaban J connectivity index is 2.03. The molecule has 0 fully saturated rings. The molecule has 0 spiro atoms. The van der Waals surface area contributed by atoms with Crippen LogP contribution < -0.4 is 10.1 Å². The number of nitrogens with one attached hydrogen (secondary N) is 1. The average Bonchev–Trinajstić information content (AvgIpc) is 2.42. The number of carbonyl (C=O) groups is 1. The van der Waals surface area contributed by atoms with Crippen LogP contribution in [0.25, 0.3) is 0 Å². The van der Waals surface area contributed by atoms with Gasteiger partial charge in [0.05, 0.1) is 6.61 Å². The second-order valence-electron chi connectivity index (χ2n) is 3.92. The molecule has 0 bridgehead atoms. The van der Waals surface area contributed by atoms with E-state index in [2.05, 4.69) is 5.32 Å². The van der Waals surface area contributed by atoms with Crippen LogP contribution in [0, 0.1) is 0 Å². The molecule has 0 aromatic heterocycles. The Morgan fingerprint density at radius 3 is 2.47 bits per heavy atom. The third-order valence-electron chi connectivity index (χ3n) is 2.51. The van der Waals surface area contributed by atoms with Crippen LogP contribution in [0.4, 0.5) is 10.5 Å². The van der Waals surface area contributed by atoms with Crippen molar-refractivity contribution in [3.63, 3.8) is 0 Å². The lowest BCUT2D eigenvalue weighted by Gasteiger charge is -2.10. The number of hydrogen-bond donors (Lipinski definition) is 1. The van der Waals surface area contributed by atoms with Crippen LogP contribution in [0.2, 0.25) is 0 Å². The van der Waals surface area contributed by atoms with Crippen molar-refractivity contribution in [2.75, 3.05) is 12.4 Å². The second-order valence-corrected chi connectivity index (χ2v) is 3.92. The van der Waals surface area contributed by atoms with Gasteiger partial charge in [-0.2, -0.15) is 0 Å². The number of methoxy groups -OCH3 is 1. The number of rotatable bonds is 4. The van der Waals surface area contributed by atoms with Gasteiger partial charge in [-0.05, 0) is 18.2 Å². The Morgan fingerprint density at radius 1 is 1.05 bits per heavy atom. The van der Waals surface area contributed by atoms with Crippen LogP contribution in [0.1, 0.15) is 5.56 Å². The maximum Gasteiger partial charge on any atom is 0.417 e. The van der Waals surface area contributed by atoms with Gasteiger partial charge < -0.3 is 9.47 Å². The summed E-state index contributed by atoms with van der Waals surface area (Å²) in [6.45, 7) is 0.432. The molecule has 0 atom stereocenters. The number of benzene rings is 2. The van der Waals surface area contributed by atoms with Gasteiger partial charge in [0.2, 0.25) is 0 Å².